The van der Waals surface area contributed by atoms with Gasteiger partial charge in [0.05, 0.1) is 19.8 Å². The van der Waals surface area contributed by atoms with E-state index < -0.39 is 0 Å². The maximum Gasteiger partial charge on any atom is 0.320 e. The van der Waals surface area contributed by atoms with E-state index in [2.05, 4.69) is 5.32 Å². The molecule has 4 heteroatoms. The van der Waals surface area contributed by atoms with Gasteiger partial charge in [0.25, 0.3) is 0 Å². The number of esters is 1. The molecule has 1 saturated carbocycles. The fourth-order valence-electron chi connectivity index (χ4n) is 1.87. The van der Waals surface area contributed by atoms with Crippen molar-refractivity contribution in [2.24, 2.45) is 0 Å². The van der Waals surface area contributed by atoms with Crippen molar-refractivity contribution in [3.8, 4) is 0 Å². The minimum absolute atomic E-state index is 0.00729. The zero-order valence-corrected chi connectivity index (χ0v) is 8.33. The van der Waals surface area contributed by atoms with E-state index in [0.717, 1.165) is 0 Å². The first-order chi connectivity index (χ1) is 6.84. The maximum absolute atomic E-state index is 11.3. The highest BCUT2D eigenvalue weighted by atomic mass is 16.6. The van der Waals surface area contributed by atoms with Crippen LogP contribution in [-0.4, -0.2) is 37.9 Å². The van der Waals surface area contributed by atoms with Gasteiger partial charge in [-0.1, -0.05) is 12.8 Å². The Hall–Kier alpha value is -0.610. The van der Waals surface area contributed by atoms with Gasteiger partial charge in [0, 0.05) is 6.04 Å². The van der Waals surface area contributed by atoms with Gasteiger partial charge in [0.1, 0.15) is 6.10 Å². The molecule has 14 heavy (non-hydrogen) atoms. The lowest BCUT2D eigenvalue weighted by Gasteiger charge is -2.25. The van der Waals surface area contributed by atoms with Crippen LogP contribution in [0.15, 0.2) is 0 Å². The molecule has 1 aliphatic carbocycles. The zero-order valence-electron chi connectivity index (χ0n) is 8.33. The second-order valence-corrected chi connectivity index (χ2v) is 4.01. The quantitative estimate of drug-likeness (QED) is 0.668. The van der Waals surface area contributed by atoms with E-state index in [1.54, 1.807) is 0 Å². The summed E-state index contributed by atoms with van der Waals surface area (Å²) in [5, 5.41) is 3.22. The van der Waals surface area contributed by atoms with E-state index in [1.165, 1.54) is 25.7 Å². The first-order valence-electron chi connectivity index (χ1n) is 5.35. The summed E-state index contributed by atoms with van der Waals surface area (Å²) in [6, 6.07) is 0.528. The Morgan fingerprint density at radius 1 is 1.36 bits per heavy atom. The first-order valence-corrected chi connectivity index (χ1v) is 5.35. The van der Waals surface area contributed by atoms with E-state index >= 15 is 0 Å². The third-order valence-electron chi connectivity index (χ3n) is 2.80. The average Bonchev–Trinajstić information content (AvgIpc) is 2.60. The molecule has 1 N–H and O–H groups in total. The summed E-state index contributed by atoms with van der Waals surface area (Å²) in [4.78, 5) is 11.3. The second-order valence-electron chi connectivity index (χ2n) is 4.01. The summed E-state index contributed by atoms with van der Waals surface area (Å²) in [6.07, 6.45) is 4.96. The molecule has 1 heterocycles. The molecule has 2 aliphatic rings. The lowest BCUT2D eigenvalue weighted by atomic mass is 10.2. The molecule has 0 atom stereocenters. The minimum Gasteiger partial charge on any atom is -0.456 e. The number of carbonyl (C=O) groups excluding carboxylic acids is 1. The van der Waals surface area contributed by atoms with Crippen LogP contribution in [0, 0.1) is 0 Å². The Morgan fingerprint density at radius 2 is 2.07 bits per heavy atom. The van der Waals surface area contributed by atoms with E-state index in [9.17, 15) is 4.79 Å². The average molecular weight is 199 g/mol. The summed E-state index contributed by atoms with van der Waals surface area (Å²) in [6.45, 7) is 1.48. The molecule has 1 saturated heterocycles. The lowest BCUT2D eigenvalue weighted by Crippen LogP contribution is -2.41. The van der Waals surface area contributed by atoms with Gasteiger partial charge in [-0.3, -0.25) is 4.79 Å². The fourth-order valence-corrected chi connectivity index (χ4v) is 1.87. The van der Waals surface area contributed by atoms with Crippen LogP contribution in [0.1, 0.15) is 25.7 Å². The number of ether oxygens (including phenoxy) is 2. The van der Waals surface area contributed by atoms with Crippen molar-refractivity contribution in [1.29, 1.82) is 0 Å². The highest BCUT2D eigenvalue weighted by Crippen LogP contribution is 2.17. The number of hydrogen-bond donors (Lipinski definition) is 1. The van der Waals surface area contributed by atoms with Crippen LogP contribution in [0.4, 0.5) is 0 Å². The molecule has 0 bridgehead atoms. The van der Waals surface area contributed by atoms with E-state index in [0.29, 0.717) is 25.8 Å². The van der Waals surface area contributed by atoms with Gasteiger partial charge in [0.15, 0.2) is 0 Å². The van der Waals surface area contributed by atoms with Gasteiger partial charge in [-0.05, 0) is 12.8 Å². The van der Waals surface area contributed by atoms with Gasteiger partial charge in [-0.25, -0.2) is 0 Å². The maximum atomic E-state index is 11.3. The lowest BCUT2D eigenvalue weighted by molar-refractivity contribution is -0.171. The van der Waals surface area contributed by atoms with Crippen molar-refractivity contribution in [2.75, 3.05) is 19.8 Å². The minimum atomic E-state index is -0.148. The molecule has 80 valence electrons. The van der Waals surface area contributed by atoms with Crippen molar-refractivity contribution in [1.82, 2.24) is 5.32 Å². The molecule has 0 unspecified atom stereocenters. The van der Waals surface area contributed by atoms with Crippen LogP contribution in [0.2, 0.25) is 0 Å². The summed E-state index contributed by atoms with van der Waals surface area (Å²) in [7, 11) is 0. The third-order valence-corrected chi connectivity index (χ3v) is 2.80. The van der Waals surface area contributed by atoms with Crippen molar-refractivity contribution < 1.29 is 14.3 Å². The molecule has 2 fully saturated rings. The van der Waals surface area contributed by atoms with Gasteiger partial charge in [-0.2, -0.15) is 0 Å². The van der Waals surface area contributed by atoms with Crippen LogP contribution >= 0.6 is 0 Å². The van der Waals surface area contributed by atoms with Crippen LogP contribution in [0.3, 0.4) is 0 Å². The van der Waals surface area contributed by atoms with Crippen molar-refractivity contribution in [3.05, 3.63) is 0 Å². The highest BCUT2D eigenvalue weighted by molar-refractivity contribution is 5.71. The van der Waals surface area contributed by atoms with Crippen LogP contribution < -0.4 is 5.32 Å². The topological polar surface area (TPSA) is 47.6 Å². The molecular formula is C10H17NO3. The molecule has 4 nitrogen and oxygen atoms in total. The van der Waals surface area contributed by atoms with Crippen LogP contribution in [-0.2, 0) is 14.3 Å². The van der Waals surface area contributed by atoms with E-state index in [4.69, 9.17) is 9.47 Å². The molecule has 2 rings (SSSR count). The predicted molar refractivity (Wildman–Crippen MR) is 51.0 cm³/mol. The fraction of sp³-hybridized carbons (Fsp3) is 0.900. The SMILES string of the molecule is O=C(CNC1CCCC1)OC1COC1. The Labute approximate surface area is 84.0 Å². The van der Waals surface area contributed by atoms with Gasteiger partial charge < -0.3 is 14.8 Å². The Balaban J connectivity index is 1.57. The largest absolute Gasteiger partial charge is 0.456 e. The highest BCUT2D eigenvalue weighted by Gasteiger charge is 2.23. The summed E-state index contributed by atoms with van der Waals surface area (Å²) < 4.78 is 10.0. The molecule has 0 spiro atoms. The summed E-state index contributed by atoms with van der Waals surface area (Å²) in [5.74, 6) is -0.148. The third kappa shape index (κ3) is 2.69. The standard InChI is InChI=1S/C10H17NO3/c12-10(14-9-6-13-7-9)5-11-8-3-1-2-4-8/h8-9,11H,1-7H2. The van der Waals surface area contributed by atoms with Gasteiger partial charge in [-0.15, -0.1) is 0 Å². The number of carbonyl (C=O) groups is 1. The predicted octanol–water partition coefficient (Wildman–Crippen LogP) is 0.461. The molecule has 1 aliphatic heterocycles. The van der Waals surface area contributed by atoms with Crippen LogP contribution in [0.5, 0.6) is 0 Å². The number of nitrogens with one attached hydrogen (secondary N) is 1. The number of rotatable bonds is 4. The van der Waals surface area contributed by atoms with E-state index in [-0.39, 0.29) is 12.1 Å². The van der Waals surface area contributed by atoms with Crippen molar-refractivity contribution in [2.45, 2.75) is 37.8 Å². The Kier molecular flexibility index (Phi) is 3.37. The molecular weight excluding hydrogens is 182 g/mol. The molecule has 0 aromatic carbocycles. The number of hydrogen-bond acceptors (Lipinski definition) is 4. The second kappa shape index (κ2) is 4.75. The Morgan fingerprint density at radius 3 is 2.64 bits per heavy atom. The summed E-state index contributed by atoms with van der Waals surface area (Å²) >= 11 is 0. The normalized spacial score (nSPS) is 23.4. The molecule has 0 radical (unpaired) electrons. The van der Waals surface area contributed by atoms with Crippen molar-refractivity contribution in [3.63, 3.8) is 0 Å². The van der Waals surface area contributed by atoms with E-state index in [1.807, 2.05) is 0 Å². The van der Waals surface area contributed by atoms with Crippen LogP contribution in [0.25, 0.3) is 0 Å². The molecule has 0 aromatic rings. The molecule has 0 amide bonds. The molecule has 0 aromatic heterocycles. The van der Waals surface area contributed by atoms with Gasteiger partial charge in [0.2, 0.25) is 0 Å². The summed E-state index contributed by atoms with van der Waals surface area (Å²) in [5.41, 5.74) is 0. The zero-order chi connectivity index (χ0) is 9.80. The smallest absolute Gasteiger partial charge is 0.320 e. The Bertz CT molecular complexity index is 198. The monoisotopic (exact) mass is 199 g/mol. The van der Waals surface area contributed by atoms with Crippen molar-refractivity contribution >= 4 is 5.97 Å². The van der Waals surface area contributed by atoms with Gasteiger partial charge >= 0.3 is 5.97 Å². The first kappa shape index (κ1) is 9.93.